The van der Waals surface area contributed by atoms with Crippen molar-refractivity contribution in [3.05, 3.63) is 21.4 Å². The van der Waals surface area contributed by atoms with Gasteiger partial charge in [-0.3, -0.25) is 4.98 Å². The Morgan fingerprint density at radius 1 is 0.941 bits per heavy atom. The number of piperazine rings is 1. The van der Waals surface area contributed by atoms with Crippen molar-refractivity contribution in [3.8, 4) is 0 Å². The fourth-order valence-electron chi connectivity index (χ4n) is 2.10. The molecule has 0 aliphatic carbocycles. The van der Waals surface area contributed by atoms with Gasteiger partial charge in [-0.25, -0.2) is 0 Å². The highest BCUT2D eigenvalue weighted by Gasteiger charge is 2.22. The van der Waals surface area contributed by atoms with Crippen molar-refractivity contribution in [2.45, 2.75) is 13.8 Å². The molecule has 0 saturated carbocycles. The van der Waals surface area contributed by atoms with Crippen molar-refractivity contribution < 1.29 is 0 Å². The highest BCUT2D eigenvalue weighted by atomic mass is 35.5. The van der Waals surface area contributed by atoms with Crippen LogP contribution < -0.4 is 4.90 Å². The fraction of sp³-hybridized carbons (Fsp3) is 0.583. The lowest BCUT2D eigenvalue weighted by molar-refractivity contribution is 0.313. The standard InChI is InChI=1S/C12H17Cl2N3/c1-8-10(13)12(11(14)9(2)15-8)17-6-4-16(3)5-7-17/h4-7H2,1-3H3. The molecule has 0 bridgehead atoms. The van der Waals surface area contributed by atoms with Crippen LogP contribution >= 0.6 is 23.2 Å². The highest BCUT2D eigenvalue weighted by molar-refractivity contribution is 6.39. The SMILES string of the molecule is Cc1nc(C)c(Cl)c(N2CCN(C)CC2)c1Cl. The number of aryl methyl sites for hydroxylation is 2. The molecule has 5 heteroatoms. The van der Waals surface area contributed by atoms with E-state index in [0.29, 0.717) is 10.0 Å². The predicted octanol–water partition coefficient (Wildman–Crippen LogP) is 2.76. The van der Waals surface area contributed by atoms with E-state index in [-0.39, 0.29) is 0 Å². The Hall–Kier alpha value is -0.510. The zero-order valence-electron chi connectivity index (χ0n) is 10.4. The van der Waals surface area contributed by atoms with Crippen LogP contribution in [0.4, 0.5) is 5.69 Å². The van der Waals surface area contributed by atoms with E-state index in [4.69, 9.17) is 23.2 Å². The number of halogens is 2. The van der Waals surface area contributed by atoms with E-state index in [1.807, 2.05) is 13.8 Å². The number of hydrogen-bond acceptors (Lipinski definition) is 3. The normalized spacial score (nSPS) is 17.6. The Morgan fingerprint density at radius 2 is 1.41 bits per heavy atom. The number of likely N-dealkylation sites (N-methyl/N-ethyl adjacent to an activating group) is 1. The summed E-state index contributed by atoms with van der Waals surface area (Å²) in [6, 6.07) is 0. The molecule has 17 heavy (non-hydrogen) atoms. The molecule has 1 aromatic heterocycles. The third kappa shape index (κ3) is 2.51. The molecule has 0 radical (unpaired) electrons. The Morgan fingerprint density at radius 3 is 1.88 bits per heavy atom. The molecule has 1 fully saturated rings. The summed E-state index contributed by atoms with van der Waals surface area (Å²) in [5.74, 6) is 0. The Balaban J connectivity index is 2.37. The molecule has 94 valence electrons. The average Bonchev–Trinajstić information content (AvgIpc) is 2.29. The molecule has 1 aliphatic heterocycles. The van der Waals surface area contributed by atoms with Crippen LogP contribution in [0.3, 0.4) is 0 Å². The average molecular weight is 274 g/mol. The first-order chi connectivity index (χ1) is 8.00. The first kappa shape index (κ1) is 12.9. The van der Waals surface area contributed by atoms with E-state index in [1.165, 1.54) is 0 Å². The zero-order valence-corrected chi connectivity index (χ0v) is 11.9. The number of rotatable bonds is 1. The molecule has 0 aromatic carbocycles. The molecule has 2 rings (SSSR count). The third-order valence-electron chi connectivity index (χ3n) is 3.21. The molecule has 1 aliphatic rings. The van der Waals surface area contributed by atoms with Crippen LogP contribution in [0.15, 0.2) is 0 Å². The Bertz CT molecular complexity index is 400. The molecule has 3 nitrogen and oxygen atoms in total. The van der Waals surface area contributed by atoms with Gasteiger partial charge in [0.15, 0.2) is 0 Å². The second kappa shape index (κ2) is 5.01. The number of pyridine rings is 1. The number of anilines is 1. The molecule has 1 aromatic rings. The van der Waals surface area contributed by atoms with E-state index in [0.717, 1.165) is 43.3 Å². The molecular weight excluding hydrogens is 257 g/mol. The van der Waals surface area contributed by atoms with E-state index >= 15 is 0 Å². The van der Waals surface area contributed by atoms with Gasteiger partial charge in [-0.2, -0.15) is 0 Å². The van der Waals surface area contributed by atoms with Crippen molar-refractivity contribution in [1.29, 1.82) is 0 Å². The van der Waals surface area contributed by atoms with Crippen molar-refractivity contribution >= 4 is 28.9 Å². The minimum atomic E-state index is 0.685. The van der Waals surface area contributed by atoms with Crippen molar-refractivity contribution in [2.75, 3.05) is 38.1 Å². The highest BCUT2D eigenvalue weighted by Crippen LogP contribution is 2.37. The molecule has 0 atom stereocenters. The largest absolute Gasteiger partial charge is 0.366 e. The maximum Gasteiger partial charge on any atom is 0.0867 e. The lowest BCUT2D eigenvalue weighted by Crippen LogP contribution is -2.44. The summed E-state index contributed by atoms with van der Waals surface area (Å²) >= 11 is 12.7. The smallest absolute Gasteiger partial charge is 0.0867 e. The van der Waals surface area contributed by atoms with Gasteiger partial charge in [0.1, 0.15) is 0 Å². The van der Waals surface area contributed by atoms with Crippen LogP contribution in [-0.4, -0.2) is 43.1 Å². The summed E-state index contributed by atoms with van der Waals surface area (Å²) in [6.45, 7) is 7.83. The number of hydrogen-bond donors (Lipinski definition) is 0. The van der Waals surface area contributed by atoms with Crippen LogP contribution in [0.25, 0.3) is 0 Å². The second-order valence-electron chi connectivity index (χ2n) is 4.55. The second-order valence-corrected chi connectivity index (χ2v) is 5.31. The van der Waals surface area contributed by atoms with E-state index in [9.17, 15) is 0 Å². The summed E-state index contributed by atoms with van der Waals surface area (Å²) in [4.78, 5) is 8.90. The topological polar surface area (TPSA) is 19.4 Å². The summed E-state index contributed by atoms with van der Waals surface area (Å²) in [5.41, 5.74) is 2.65. The quantitative estimate of drug-likeness (QED) is 0.785. The summed E-state index contributed by atoms with van der Waals surface area (Å²) in [7, 11) is 2.13. The maximum absolute atomic E-state index is 6.34. The monoisotopic (exact) mass is 273 g/mol. The zero-order chi connectivity index (χ0) is 12.6. The van der Waals surface area contributed by atoms with Gasteiger partial charge in [0.05, 0.1) is 27.1 Å². The van der Waals surface area contributed by atoms with Gasteiger partial charge in [0.25, 0.3) is 0 Å². The van der Waals surface area contributed by atoms with E-state index in [1.54, 1.807) is 0 Å². The van der Waals surface area contributed by atoms with E-state index < -0.39 is 0 Å². The molecule has 0 spiro atoms. The number of aromatic nitrogens is 1. The van der Waals surface area contributed by atoms with Crippen molar-refractivity contribution in [3.63, 3.8) is 0 Å². The van der Waals surface area contributed by atoms with Gasteiger partial charge in [0.2, 0.25) is 0 Å². The predicted molar refractivity (Wildman–Crippen MR) is 73.4 cm³/mol. The first-order valence-electron chi connectivity index (χ1n) is 5.76. The Labute approximate surface area is 112 Å². The van der Waals surface area contributed by atoms with Gasteiger partial charge < -0.3 is 9.80 Å². The Kier molecular flexibility index (Phi) is 3.81. The first-order valence-corrected chi connectivity index (χ1v) is 6.52. The molecule has 1 saturated heterocycles. The van der Waals surface area contributed by atoms with Crippen LogP contribution in [0, 0.1) is 13.8 Å². The van der Waals surface area contributed by atoms with Gasteiger partial charge in [-0.15, -0.1) is 0 Å². The summed E-state index contributed by atoms with van der Waals surface area (Å²) in [6.07, 6.45) is 0. The lowest BCUT2D eigenvalue weighted by Gasteiger charge is -2.35. The van der Waals surface area contributed by atoms with Gasteiger partial charge in [0, 0.05) is 26.2 Å². The minimum Gasteiger partial charge on any atom is -0.366 e. The van der Waals surface area contributed by atoms with Gasteiger partial charge >= 0.3 is 0 Å². The van der Waals surface area contributed by atoms with Crippen LogP contribution in [0.5, 0.6) is 0 Å². The molecule has 0 amide bonds. The van der Waals surface area contributed by atoms with Crippen LogP contribution in [0.1, 0.15) is 11.4 Å². The van der Waals surface area contributed by atoms with Crippen molar-refractivity contribution in [1.82, 2.24) is 9.88 Å². The number of nitrogens with zero attached hydrogens (tertiary/aromatic N) is 3. The van der Waals surface area contributed by atoms with Crippen LogP contribution in [0.2, 0.25) is 10.0 Å². The van der Waals surface area contributed by atoms with E-state index in [2.05, 4.69) is 21.8 Å². The van der Waals surface area contributed by atoms with Gasteiger partial charge in [-0.05, 0) is 20.9 Å². The summed E-state index contributed by atoms with van der Waals surface area (Å²) < 4.78 is 0. The third-order valence-corrected chi connectivity index (χ3v) is 4.11. The fourth-order valence-corrected chi connectivity index (χ4v) is 2.66. The maximum atomic E-state index is 6.34. The summed E-state index contributed by atoms with van der Waals surface area (Å²) in [5, 5.41) is 1.37. The molecule has 0 unspecified atom stereocenters. The molecule has 0 N–H and O–H groups in total. The van der Waals surface area contributed by atoms with Gasteiger partial charge in [-0.1, -0.05) is 23.2 Å². The lowest BCUT2D eigenvalue weighted by atomic mass is 10.2. The van der Waals surface area contributed by atoms with Crippen molar-refractivity contribution in [2.24, 2.45) is 0 Å². The molecule has 2 heterocycles. The van der Waals surface area contributed by atoms with Crippen LogP contribution in [-0.2, 0) is 0 Å². The molecular formula is C12H17Cl2N3. The minimum absolute atomic E-state index is 0.685.